The molecule has 2 fully saturated rings. The second-order valence-corrected chi connectivity index (χ2v) is 9.55. The second-order valence-electron chi connectivity index (χ2n) is 9.55. The van der Waals surface area contributed by atoms with Gasteiger partial charge in [0, 0.05) is 31.1 Å². The highest BCUT2D eigenvalue weighted by Crippen LogP contribution is 2.31. The van der Waals surface area contributed by atoms with Crippen LogP contribution in [0.15, 0.2) is 42.5 Å². The van der Waals surface area contributed by atoms with E-state index in [0.29, 0.717) is 11.7 Å². The quantitative estimate of drug-likeness (QED) is 0.482. The fourth-order valence-corrected chi connectivity index (χ4v) is 4.61. The fourth-order valence-electron chi connectivity index (χ4n) is 4.61. The molecule has 8 nitrogen and oxygen atoms in total. The molecule has 6 rings (SSSR count). The van der Waals surface area contributed by atoms with Crippen molar-refractivity contribution in [1.82, 2.24) is 19.3 Å². The zero-order chi connectivity index (χ0) is 23.8. The molecule has 4 aromatic rings. The highest BCUT2D eigenvalue weighted by molar-refractivity contribution is 6.02. The monoisotopic (exact) mass is 460 g/mol. The molecule has 3 N–H and O–H groups in total. The maximum absolute atomic E-state index is 11.8. The van der Waals surface area contributed by atoms with Crippen molar-refractivity contribution in [2.24, 2.45) is 11.7 Å². The summed E-state index contributed by atoms with van der Waals surface area (Å²) >= 11 is 0. The van der Waals surface area contributed by atoms with Crippen LogP contribution in [0.5, 0.6) is 0 Å². The summed E-state index contributed by atoms with van der Waals surface area (Å²) in [5.74, 6) is 0.816. The number of likely N-dealkylation sites (N-methyl/N-ethyl adjacent to an activating group) is 1. The van der Waals surface area contributed by atoms with Gasteiger partial charge in [-0.15, -0.1) is 0 Å². The lowest BCUT2D eigenvalue weighted by Crippen LogP contribution is -2.29. The number of benzene rings is 1. The summed E-state index contributed by atoms with van der Waals surface area (Å²) in [5.41, 5.74) is 8.49. The maximum Gasteiger partial charge on any atom is 0.339 e. The molecule has 1 aliphatic carbocycles. The number of nitrogens with two attached hydrogens (primary N) is 1. The Hall–Kier alpha value is -3.23. The molecule has 34 heavy (non-hydrogen) atoms. The first-order valence-electron chi connectivity index (χ1n) is 12.1. The Morgan fingerprint density at radius 3 is 2.56 bits per heavy atom. The number of carbonyl (C=O) groups is 1. The number of carboxylic acids is 1. The van der Waals surface area contributed by atoms with E-state index in [9.17, 15) is 9.90 Å². The lowest BCUT2D eigenvalue weighted by molar-refractivity contribution is 0.0698. The van der Waals surface area contributed by atoms with Gasteiger partial charge in [-0.25, -0.2) is 14.8 Å². The van der Waals surface area contributed by atoms with E-state index in [1.807, 2.05) is 40.8 Å². The topological polar surface area (TPSA) is 100.0 Å². The number of fused-ring (bicyclic) bond motifs is 5. The van der Waals surface area contributed by atoms with Crippen molar-refractivity contribution in [3.63, 3.8) is 0 Å². The summed E-state index contributed by atoms with van der Waals surface area (Å²) < 4.78 is 1.88. The molecule has 0 amide bonds. The minimum absolute atomic E-state index is 0.189. The number of aromatic nitrogens is 3. The van der Waals surface area contributed by atoms with Crippen LogP contribution in [-0.4, -0.2) is 69.6 Å². The number of aromatic carboxylic acids is 1. The van der Waals surface area contributed by atoms with Crippen molar-refractivity contribution in [1.29, 1.82) is 0 Å². The first-order valence-corrected chi connectivity index (χ1v) is 12.1. The van der Waals surface area contributed by atoms with Gasteiger partial charge in [0.1, 0.15) is 17.0 Å². The van der Waals surface area contributed by atoms with Gasteiger partial charge in [-0.1, -0.05) is 12.1 Å². The molecule has 3 aromatic heterocycles. The van der Waals surface area contributed by atoms with E-state index in [1.54, 1.807) is 6.07 Å². The third-order valence-corrected chi connectivity index (χ3v) is 6.84. The molecule has 178 valence electrons. The summed E-state index contributed by atoms with van der Waals surface area (Å²) in [6, 6.07) is 13.8. The first-order chi connectivity index (χ1) is 16.4. The van der Waals surface area contributed by atoms with Gasteiger partial charge < -0.3 is 20.6 Å². The Morgan fingerprint density at radius 2 is 1.85 bits per heavy atom. The number of hydrogen-bond donors (Lipinski definition) is 2. The number of anilines is 1. The molecule has 1 saturated carbocycles. The van der Waals surface area contributed by atoms with Gasteiger partial charge in [0.05, 0.1) is 11.0 Å². The molecule has 4 heterocycles. The molecular weight excluding hydrogens is 428 g/mol. The highest BCUT2D eigenvalue weighted by atomic mass is 16.4. The van der Waals surface area contributed by atoms with E-state index in [4.69, 9.17) is 10.7 Å². The molecule has 8 heteroatoms. The number of pyridine rings is 2. The van der Waals surface area contributed by atoms with Crippen molar-refractivity contribution in [3.05, 3.63) is 48.0 Å². The zero-order valence-electron chi connectivity index (χ0n) is 19.8. The number of hydrogen-bond acceptors (Lipinski definition) is 6. The molecule has 1 unspecified atom stereocenters. The van der Waals surface area contributed by atoms with E-state index < -0.39 is 5.97 Å². The van der Waals surface area contributed by atoms with E-state index in [1.165, 1.54) is 12.8 Å². The van der Waals surface area contributed by atoms with Crippen LogP contribution < -0.4 is 10.6 Å². The van der Waals surface area contributed by atoms with Crippen LogP contribution >= 0.6 is 0 Å². The molecule has 1 aliphatic heterocycles. The Morgan fingerprint density at radius 1 is 1.06 bits per heavy atom. The second kappa shape index (κ2) is 9.19. The normalized spacial score (nSPS) is 18.0. The molecule has 2 aliphatic rings. The molecule has 1 saturated heterocycles. The first kappa shape index (κ1) is 22.6. The van der Waals surface area contributed by atoms with Crippen LogP contribution in [0.1, 0.15) is 36.5 Å². The Bertz CT molecular complexity index is 1340. The summed E-state index contributed by atoms with van der Waals surface area (Å²) in [6.45, 7) is 6.06. The SMILES string of the molecule is CC(N)C1CC1.CN1CCCN(c2ccc3cc(C(=O)O)c4nc5ccccc5n4c3n2)CC1. The van der Waals surface area contributed by atoms with Gasteiger partial charge in [0.2, 0.25) is 0 Å². The lowest BCUT2D eigenvalue weighted by Gasteiger charge is -2.22. The lowest BCUT2D eigenvalue weighted by atomic mass is 10.2. The van der Waals surface area contributed by atoms with Gasteiger partial charge in [0.25, 0.3) is 0 Å². The summed E-state index contributed by atoms with van der Waals surface area (Å²) in [6.07, 6.45) is 3.84. The van der Waals surface area contributed by atoms with Crippen molar-refractivity contribution in [2.75, 3.05) is 38.1 Å². The van der Waals surface area contributed by atoms with Crippen LogP contribution in [-0.2, 0) is 0 Å². The minimum Gasteiger partial charge on any atom is -0.478 e. The van der Waals surface area contributed by atoms with E-state index in [0.717, 1.165) is 66.4 Å². The molecule has 1 atom stereocenters. The van der Waals surface area contributed by atoms with Gasteiger partial charge in [-0.2, -0.15) is 0 Å². The fraction of sp³-hybridized carbons (Fsp3) is 0.423. The predicted octanol–water partition coefficient (Wildman–Crippen LogP) is 3.62. The van der Waals surface area contributed by atoms with Gasteiger partial charge in [-0.3, -0.25) is 4.40 Å². The summed E-state index contributed by atoms with van der Waals surface area (Å²) in [5, 5.41) is 10.5. The number of imidazole rings is 1. The molecule has 0 radical (unpaired) electrons. The average Bonchev–Trinajstić information content (AvgIpc) is 3.63. The number of nitrogens with zero attached hydrogens (tertiary/aromatic N) is 5. The van der Waals surface area contributed by atoms with Crippen LogP contribution in [0, 0.1) is 5.92 Å². The van der Waals surface area contributed by atoms with Crippen molar-refractivity contribution in [3.8, 4) is 0 Å². The van der Waals surface area contributed by atoms with E-state index in [-0.39, 0.29) is 5.56 Å². The third kappa shape index (κ3) is 4.43. The van der Waals surface area contributed by atoms with Crippen molar-refractivity contribution >= 4 is 39.5 Å². The van der Waals surface area contributed by atoms with Crippen LogP contribution in [0.3, 0.4) is 0 Å². The van der Waals surface area contributed by atoms with Crippen molar-refractivity contribution < 1.29 is 9.90 Å². The van der Waals surface area contributed by atoms with Gasteiger partial charge >= 0.3 is 5.97 Å². The zero-order valence-corrected chi connectivity index (χ0v) is 19.8. The van der Waals surface area contributed by atoms with Gasteiger partial charge in [0.15, 0.2) is 5.65 Å². The maximum atomic E-state index is 11.8. The standard InChI is InChI=1S/C21H21N5O2.C5H11N/c1-24-9-4-10-25(12-11-24)18-8-7-14-13-15(21(27)28)20-22-16-5-2-3-6-17(16)26(20)19(14)23-18;1-4(6)5-2-3-5/h2-3,5-8,13H,4,9-12H2,1H3,(H,27,28);4-5H,2-3,6H2,1H3. The van der Waals surface area contributed by atoms with Crippen LogP contribution in [0.4, 0.5) is 5.82 Å². The number of para-hydroxylation sites is 2. The summed E-state index contributed by atoms with van der Waals surface area (Å²) in [7, 11) is 2.14. The Labute approximate surface area is 199 Å². The van der Waals surface area contributed by atoms with E-state index >= 15 is 0 Å². The van der Waals surface area contributed by atoms with Crippen LogP contribution in [0.25, 0.3) is 27.7 Å². The highest BCUT2D eigenvalue weighted by Gasteiger charge is 2.24. The Kier molecular flexibility index (Phi) is 6.10. The average molecular weight is 461 g/mol. The number of carboxylic acid groups (broad SMARTS) is 1. The largest absolute Gasteiger partial charge is 0.478 e. The molecule has 0 spiro atoms. The van der Waals surface area contributed by atoms with Crippen LogP contribution in [0.2, 0.25) is 0 Å². The Balaban J connectivity index is 0.000000351. The number of rotatable bonds is 3. The molecule has 0 bridgehead atoms. The smallest absolute Gasteiger partial charge is 0.339 e. The molecular formula is C26H32N6O2. The minimum atomic E-state index is -0.984. The van der Waals surface area contributed by atoms with E-state index in [2.05, 4.69) is 28.8 Å². The summed E-state index contributed by atoms with van der Waals surface area (Å²) in [4.78, 5) is 26.0. The van der Waals surface area contributed by atoms with Crippen molar-refractivity contribution in [2.45, 2.75) is 32.2 Å². The molecule has 1 aromatic carbocycles. The third-order valence-electron chi connectivity index (χ3n) is 6.84. The van der Waals surface area contributed by atoms with Gasteiger partial charge in [-0.05, 0) is 76.0 Å². The predicted molar refractivity (Wildman–Crippen MR) is 136 cm³/mol.